The van der Waals surface area contributed by atoms with Gasteiger partial charge < -0.3 is 5.32 Å². The summed E-state index contributed by atoms with van der Waals surface area (Å²) in [5, 5.41) is 3.94. The molecule has 1 fully saturated rings. The van der Waals surface area contributed by atoms with Crippen molar-refractivity contribution in [2.75, 3.05) is 12.3 Å². The van der Waals surface area contributed by atoms with Gasteiger partial charge in [-0.2, -0.15) is 0 Å². The third kappa shape index (κ3) is 4.64. The Bertz CT molecular complexity index is 196. The van der Waals surface area contributed by atoms with Crippen LogP contribution in [0.5, 0.6) is 0 Å². The molecule has 0 amide bonds. The number of unbranched alkanes of at least 4 members (excludes halogenated alkanes) is 2. The summed E-state index contributed by atoms with van der Waals surface area (Å²) in [7, 11) is -0.561. The maximum absolute atomic E-state index is 12.0. The highest BCUT2D eigenvalue weighted by molar-refractivity contribution is 7.85. The molecule has 2 nitrogen and oxygen atoms in total. The Morgan fingerprint density at radius 2 is 2.07 bits per heavy atom. The van der Waals surface area contributed by atoms with Gasteiger partial charge in [0, 0.05) is 27.8 Å². The van der Waals surface area contributed by atoms with Crippen LogP contribution in [0.1, 0.15) is 52.4 Å². The zero-order chi connectivity index (χ0) is 11.1. The van der Waals surface area contributed by atoms with Gasteiger partial charge in [0.15, 0.2) is 0 Å². The van der Waals surface area contributed by atoms with Crippen molar-refractivity contribution in [1.82, 2.24) is 5.32 Å². The monoisotopic (exact) mass is 231 g/mol. The first-order valence-corrected chi connectivity index (χ1v) is 7.76. The lowest BCUT2D eigenvalue weighted by Gasteiger charge is -2.11. The molecule has 3 atom stereocenters. The van der Waals surface area contributed by atoms with Crippen molar-refractivity contribution in [2.45, 2.75) is 63.7 Å². The fraction of sp³-hybridized carbons (Fsp3) is 1.00. The zero-order valence-corrected chi connectivity index (χ0v) is 10.9. The highest BCUT2D eigenvalue weighted by Crippen LogP contribution is 2.24. The van der Waals surface area contributed by atoms with Crippen molar-refractivity contribution in [3.05, 3.63) is 0 Å². The van der Waals surface area contributed by atoms with Gasteiger partial charge >= 0.3 is 0 Å². The zero-order valence-electron chi connectivity index (χ0n) is 10.1. The van der Waals surface area contributed by atoms with Gasteiger partial charge in [0.25, 0.3) is 0 Å². The van der Waals surface area contributed by atoms with Gasteiger partial charge in [-0.1, -0.05) is 26.7 Å². The highest BCUT2D eigenvalue weighted by Gasteiger charge is 2.27. The van der Waals surface area contributed by atoms with Crippen LogP contribution in [0, 0.1) is 0 Å². The van der Waals surface area contributed by atoms with Crippen LogP contribution >= 0.6 is 0 Å². The maximum atomic E-state index is 12.0. The number of nitrogens with one attached hydrogen (secondary N) is 1. The second kappa shape index (κ2) is 7.39. The van der Waals surface area contributed by atoms with E-state index in [2.05, 4.69) is 19.2 Å². The SMILES string of the molecule is CCCCCS(=O)C1CCC(NCC)C1. The summed E-state index contributed by atoms with van der Waals surface area (Å²) in [6.07, 6.45) is 7.11. The van der Waals surface area contributed by atoms with Gasteiger partial charge in [-0.25, -0.2) is 0 Å². The van der Waals surface area contributed by atoms with Crippen molar-refractivity contribution < 1.29 is 4.21 Å². The summed E-state index contributed by atoms with van der Waals surface area (Å²) in [6, 6.07) is 0.634. The summed E-state index contributed by atoms with van der Waals surface area (Å²) in [5.74, 6) is 0.928. The van der Waals surface area contributed by atoms with E-state index in [1.807, 2.05) is 0 Å². The number of rotatable bonds is 7. The molecule has 0 bridgehead atoms. The van der Waals surface area contributed by atoms with E-state index in [1.165, 1.54) is 19.3 Å². The smallest absolute Gasteiger partial charge is 0.0363 e. The molecule has 1 aliphatic rings. The standard InChI is InChI=1S/C12H25NOS/c1-3-5-6-9-15(14)12-8-7-11(10-12)13-4-2/h11-13H,3-10H2,1-2H3. The second-order valence-corrected chi connectivity index (χ2v) is 6.32. The van der Waals surface area contributed by atoms with Crippen LogP contribution in [0.3, 0.4) is 0 Å². The third-order valence-corrected chi connectivity index (χ3v) is 5.06. The molecule has 15 heavy (non-hydrogen) atoms. The first kappa shape index (κ1) is 13.2. The predicted octanol–water partition coefficient (Wildman–Crippen LogP) is 2.46. The van der Waals surface area contributed by atoms with Crippen LogP contribution in [-0.2, 0) is 10.8 Å². The molecule has 90 valence electrons. The molecule has 0 aliphatic heterocycles. The number of hydrogen-bond donors (Lipinski definition) is 1. The molecule has 0 spiro atoms. The van der Waals surface area contributed by atoms with Crippen LogP contribution in [-0.4, -0.2) is 27.8 Å². The van der Waals surface area contributed by atoms with Crippen LogP contribution in [0.4, 0.5) is 0 Å². The molecule has 0 aromatic carbocycles. The van der Waals surface area contributed by atoms with Gasteiger partial charge in [0.05, 0.1) is 0 Å². The van der Waals surface area contributed by atoms with E-state index < -0.39 is 10.8 Å². The fourth-order valence-corrected chi connectivity index (χ4v) is 3.98. The van der Waals surface area contributed by atoms with Crippen molar-refractivity contribution in [2.24, 2.45) is 0 Å². The molecule has 0 aromatic rings. The summed E-state index contributed by atoms with van der Waals surface area (Å²) in [5.41, 5.74) is 0. The van der Waals surface area contributed by atoms with E-state index in [1.54, 1.807) is 0 Å². The fourth-order valence-electron chi connectivity index (χ4n) is 2.31. The Labute approximate surface area is 96.7 Å². The first-order valence-electron chi connectivity index (χ1n) is 6.38. The molecule has 0 radical (unpaired) electrons. The highest BCUT2D eigenvalue weighted by atomic mass is 32.2. The molecule has 1 N–H and O–H groups in total. The quantitative estimate of drug-likeness (QED) is 0.682. The molecule has 1 rings (SSSR count). The topological polar surface area (TPSA) is 29.1 Å². The normalized spacial score (nSPS) is 28.1. The minimum Gasteiger partial charge on any atom is -0.314 e. The van der Waals surface area contributed by atoms with Crippen LogP contribution in [0.25, 0.3) is 0 Å². The van der Waals surface area contributed by atoms with E-state index in [0.717, 1.165) is 31.6 Å². The predicted molar refractivity (Wildman–Crippen MR) is 67.6 cm³/mol. The molecule has 3 unspecified atom stereocenters. The van der Waals surface area contributed by atoms with Gasteiger partial charge in [0.2, 0.25) is 0 Å². The Morgan fingerprint density at radius 3 is 2.73 bits per heavy atom. The molecule has 1 saturated carbocycles. The molecule has 0 heterocycles. The average Bonchev–Trinajstić information content (AvgIpc) is 2.67. The van der Waals surface area contributed by atoms with E-state index in [4.69, 9.17) is 0 Å². The van der Waals surface area contributed by atoms with Gasteiger partial charge in [-0.15, -0.1) is 0 Å². The maximum Gasteiger partial charge on any atom is 0.0363 e. The molecule has 0 aromatic heterocycles. The average molecular weight is 231 g/mol. The van der Waals surface area contributed by atoms with E-state index >= 15 is 0 Å². The van der Waals surface area contributed by atoms with Crippen LogP contribution in [0.15, 0.2) is 0 Å². The van der Waals surface area contributed by atoms with E-state index in [-0.39, 0.29) is 0 Å². The molecule has 1 aliphatic carbocycles. The summed E-state index contributed by atoms with van der Waals surface area (Å²) in [4.78, 5) is 0. The molecule has 0 saturated heterocycles. The Kier molecular flexibility index (Phi) is 6.50. The minimum atomic E-state index is -0.561. The first-order chi connectivity index (χ1) is 7.27. The molecule has 3 heteroatoms. The van der Waals surface area contributed by atoms with Crippen LogP contribution < -0.4 is 5.32 Å². The Balaban J connectivity index is 2.18. The van der Waals surface area contributed by atoms with Crippen molar-refractivity contribution in [3.63, 3.8) is 0 Å². The van der Waals surface area contributed by atoms with Gasteiger partial charge in [-0.05, 0) is 32.2 Å². The lowest BCUT2D eigenvalue weighted by molar-refractivity contribution is 0.542. The summed E-state index contributed by atoms with van der Waals surface area (Å²) in [6.45, 7) is 5.38. The minimum absolute atomic E-state index is 0.478. The van der Waals surface area contributed by atoms with Crippen molar-refractivity contribution in [1.29, 1.82) is 0 Å². The van der Waals surface area contributed by atoms with E-state index in [9.17, 15) is 4.21 Å². The Morgan fingerprint density at radius 1 is 1.27 bits per heavy atom. The molecular formula is C12H25NOS. The lowest BCUT2D eigenvalue weighted by Crippen LogP contribution is -2.27. The van der Waals surface area contributed by atoms with Gasteiger partial charge in [0.1, 0.15) is 0 Å². The van der Waals surface area contributed by atoms with Gasteiger partial charge in [-0.3, -0.25) is 4.21 Å². The largest absolute Gasteiger partial charge is 0.314 e. The Hall–Kier alpha value is 0.110. The summed E-state index contributed by atoms with van der Waals surface area (Å²) < 4.78 is 12.0. The second-order valence-electron chi connectivity index (χ2n) is 4.48. The third-order valence-electron chi connectivity index (χ3n) is 3.20. The lowest BCUT2D eigenvalue weighted by atomic mass is 10.2. The number of hydrogen-bond acceptors (Lipinski definition) is 2. The van der Waals surface area contributed by atoms with Crippen molar-refractivity contribution >= 4 is 10.8 Å². The van der Waals surface area contributed by atoms with Crippen molar-refractivity contribution in [3.8, 4) is 0 Å². The van der Waals surface area contributed by atoms with E-state index in [0.29, 0.717) is 11.3 Å². The summed E-state index contributed by atoms with van der Waals surface area (Å²) >= 11 is 0. The molecular weight excluding hydrogens is 206 g/mol. The van der Waals surface area contributed by atoms with Crippen LogP contribution in [0.2, 0.25) is 0 Å².